The largest absolute Gasteiger partial charge is 0.497 e. The second-order valence-electron chi connectivity index (χ2n) is 7.46. The number of ether oxygens (including phenoxy) is 4. The fraction of sp³-hybridized carbons (Fsp3) is 0.148. The molecule has 0 bridgehead atoms. The number of methoxy groups -OCH3 is 1. The molecule has 34 heavy (non-hydrogen) atoms. The number of nitrogens with zero attached hydrogens (tertiary/aromatic N) is 1. The molecule has 0 N–H and O–H groups in total. The van der Waals surface area contributed by atoms with Gasteiger partial charge >= 0.3 is 11.9 Å². The van der Waals surface area contributed by atoms with Crippen LogP contribution in [0.25, 0.3) is 6.08 Å². The van der Waals surface area contributed by atoms with Crippen LogP contribution in [0, 0.1) is 6.92 Å². The fourth-order valence-corrected chi connectivity index (χ4v) is 3.24. The topological polar surface area (TPSA) is 83.4 Å². The molecule has 1 aliphatic heterocycles. The predicted molar refractivity (Wildman–Crippen MR) is 127 cm³/mol. The highest BCUT2D eigenvalue weighted by Gasteiger charge is 2.24. The highest BCUT2D eigenvalue weighted by atomic mass is 16.6. The van der Waals surface area contributed by atoms with Gasteiger partial charge in [-0.05, 0) is 74.0 Å². The molecule has 0 radical (unpaired) electrons. The zero-order valence-electron chi connectivity index (χ0n) is 19.0. The van der Waals surface area contributed by atoms with Gasteiger partial charge in [0.25, 0.3) is 0 Å². The van der Waals surface area contributed by atoms with E-state index < -0.39 is 11.9 Å². The highest BCUT2D eigenvalue weighted by Crippen LogP contribution is 2.31. The molecule has 0 saturated carbocycles. The Kier molecular flexibility index (Phi) is 6.73. The smallest absolute Gasteiger partial charge is 0.363 e. The summed E-state index contributed by atoms with van der Waals surface area (Å²) in [5, 5.41) is 0. The van der Waals surface area contributed by atoms with Crippen molar-refractivity contribution in [3.8, 4) is 17.2 Å². The number of cyclic esters (lactones) is 1. The normalized spacial score (nSPS) is 13.9. The van der Waals surface area contributed by atoms with Crippen molar-refractivity contribution in [2.24, 2.45) is 4.99 Å². The fourth-order valence-electron chi connectivity index (χ4n) is 3.24. The van der Waals surface area contributed by atoms with Crippen LogP contribution < -0.4 is 14.2 Å². The predicted octanol–water partition coefficient (Wildman–Crippen LogP) is 4.97. The average molecular weight is 457 g/mol. The maximum atomic E-state index is 12.5. The summed E-state index contributed by atoms with van der Waals surface area (Å²) >= 11 is 0. The number of rotatable bonds is 7. The second-order valence-corrected chi connectivity index (χ2v) is 7.46. The number of carbonyl (C=O) groups excluding carboxylic acids is 2. The molecule has 172 valence electrons. The molecule has 1 heterocycles. The molecule has 0 aromatic heterocycles. The Morgan fingerprint density at radius 3 is 2.41 bits per heavy atom. The molecule has 3 aromatic carbocycles. The van der Waals surface area contributed by atoms with Gasteiger partial charge in [-0.2, -0.15) is 0 Å². The summed E-state index contributed by atoms with van der Waals surface area (Å²) in [4.78, 5) is 29.2. The minimum atomic E-state index is -0.557. The lowest BCUT2D eigenvalue weighted by atomic mass is 10.1. The Labute approximate surface area is 197 Å². The van der Waals surface area contributed by atoms with E-state index in [9.17, 15) is 9.59 Å². The van der Waals surface area contributed by atoms with Crippen LogP contribution in [0.5, 0.6) is 17.2 Å². The van der Waals surface area contributed by atoms with Gasteiger partial charge in [0, 0.05) is 5.56 Å². The lowest BCUT2D eigenvalue weighted by Crippen LogP contribution is -2.09. The van der Waals surface area contributed by atoms with Gasteiger partial charge in [-0.15, -0.1) is 0 Å². The number of carbonyl (C=O) groups is 2. The van der Waals surface area contributed by atoms with Crippen molar-refractivity contribution in [3.05, 3.63) is 94.7 Å². The van der Waals surface area contributed by atoms with Crippen molar-refractivity contribution in [1.29, 1.82) is 0 Å². The van der Waals surface area contributed by atoms with Crippen molar-refractivity contribution >= 4 is 23.9 Å². The van der Waals surface area contributed by atoms with E-state index >= 15 is 0 Å². The van der Waals surface area contributed by atoms with Gasteiger partial charge in [0.1, 0.15) is 5.75 Å². The van der Waals surface area contributed by atoms with E-state index in [-0.39, 0.29) is 17.3 Å². The Balaban J connectivity index is 1.57. The molecule has 3 aromatic rings. The van der Waals surface area contributed by atoms with E-state index in [2.05, 4.69) is 4.99 Å². The van der Waals surface area contributed by atoms with E-state index in [4.69, 9.17) is 18.9 Å². The summed E-state index contributed by atoms with van der Waals surface area (Å²) in [5.41, 5.74) is 2.94. The third-order valence-corrected chi connectivity index (χ3v) is 5.02. The van der Waals surface area contributed by atoms with Gasteiger partial charge in [0.2, 0.25) is 5.90 Å². The zero-order valence-corrected chi connectivity index (χ0v) is 19.0. The van der Waals surface area contributed by atoms with Crippen LogP contribution in [0.2, 0.25) is 0 Å². The quantitative estimate of drug-likeness (QED) is 0.283. The second kappa shape index (κ2) is 10.0. The van der Waals surface area contributed by atoms with Crippen molar-refractivity contribution in [2.45, 2.75) is 13.8 Å². The first-order chi connectivity index (χ1) is 16.5. The molecule has 0 saturated heterocycles. The summed E-state index contributed by atoms with van der Waals surface area (Å²) in [6, 6.07) is 19.2. The molecule has 0 unspecified atom stereocenters. The Morgan fingerprint density at radius 1 is 1.00 bits per heavy atom. The molecule has 7 heteroatoms. The SMILES string of the molecule is CCOc1cc(/C=C2/N=C(c3ccc(OC)cc3)OC2=O)ccc1OC(=O)c1ccc(C)cc1. The number of hydrogen-bond acceptors (Lipinski definition) is 7. The van der Waals surface area contributed by atoms with Gasteiger partial charge in [-0.3, -0.25) is 0 Å². The van der Waals surface area contributed by atoms with Crippen LogP contribution in [0.3, 0.4) is 0 Å². The first-order valence-corrected chi connectivity index (χ1v) is 10.7. The van der Waals surface area contributed by atoms with Crippen molar-refractivity contribution in [3.63, 3.8) is 0 Å². The molecule has 1 aliphatic rings. The van der Waals surface area contributed by atoms with Crippen LogP contribution in [0.4, 0.5) is 0 Å². The van der Waals surface area contributed by atoms with Gasteiger partial charge in [-0.25, -0.2) is 14.6 Å². The molecule has 0 atom stereocenters. The Morgan fingerprint density at radius 2 is 1.74 bits per heavy atom. The van der Waals surface area contributed by atoms with Gasteiger partial charge in [-0.1, -0.05) is 23.8 Å². The van der Waals surface area contributed by atoms with Crippen molar-refractivity contribution in [1.82, 2.24) is 0 Å². The molecule has 4 rings (SSSR count). The van der Waals surface area contributed by atoms with Gasteiger partial charge in [0.15, 0.2) is 17.2 Å². The Bertz CT molecular complexity index is 1270. The summed E-state index contributed by atoms with van der Waals surface area (Å²) in [5.74, 6) is 0.525. The lowest BCUT2D eigenvalue weighted by molar-refractivity contribution is -0.129. The van der Waals surface area contributed by atoms with E-state index in [0.29, 0.717) is 34.8 Å². The number of hydrogen-bond donors (Lipinski definition) is 0. The van der Waals surface area contributed by atoms with Crippen molar-refractivity contribution in [2.75, 3.05) is 13.7 Å². The van der Waals surface area contributed by atoms with Crippen LogP contribution >= 0.6 is 0 Å². The maximum absolute atomic E-state index is 12.5. The van der Waals surface area contributed by atoms with Crippen LogP contribution in [-0.2, 0) is 9.53 Å². The lowest BCUT2D eigenvalue weighted by Gasteiger charge is -2.11. The summed E-state index contributed by atoms with van der Waals surface area (Å²) < 4.78 is 21.7. The molecular formula is C27H23NO6. The zero-order chi connectivity index (χ0) is 24.1. The molecule has 7 nitrogen and oxygen atoms in total. The summed E-state index contributed by atoms with van der Waals surface area (Å²) in [6.07, 6.45) is 1.59. The van der Waals surface area contributed by atoms with Crippen molar-refractivity contribution < 1.29 is 28.5 Å². The van der Waals surface area contributed by atoms with Crippen LogP contribution in [0.15, 0.2) is 77.4 Å². The standard InChI is InChI=1S/C27H23NO6/c1-4-32-24-16-18(7-14-23(24)33-26(29)20-8-5-17(2)6-9-20)15-22-27(30)34-25(28-22)19-10-12-21(31-3)13-11-19/h5-16H,4H2,1-3H3/b22-15+. The monoisotopic (exact) mass is 457 g/mol. The minimum absolute atomic E-state index is 0.151. The molecular weight excluding hydrogens is 434 g/mol. The van der Waals surface area contributed by atoms with Gasteiger partial charge < -0.3 is 18.9 Å². The van der Waals surface area contributed by atoms with Crippen LogP contribution in [0.1, 0.15) is 34.0 Å². The summed E-state index contributed by atoms with van der Waals surface area (Å²) in [7, 11) is 1.58. The first-order valence-electron chi connectivity index (χ1n) is 10.7. The first kappa shape index (κ1) is 22.8. The third-order valence-electron chi connectivity index (χ3n) is 5.02. The Hall–Kier alpha value is -4.39. The minimum Gasteiger partial charge on any atom is -0.497 e. The number of aliphatic imine (C=N–C) groups is 1. The number of aryl methyl sites for hydroxylation is 1. The highest BCUT2D eigenvalue weighted by molar-refractivity contribution is 6.12. The van der Waals surface area contributed by atoms with E-state index in [1.165, 1.54) is 0 Å². The number of esters is 2. The van der Waals surface area contributed by atoms with E-state index in [1.807, 2.05) is 26.0 Å². The van der Waals surface area contributed by atoms with Crippen LogP contribution in [-0.4, -0.2) is 31.6 Å². The average Bonchev–Trinajstić information content (AvgIpc) is 3.21. The molecule has 0 aliphatic carbocycles. The third kappa shape index (κ3) is 5.15. The number of benzene rings is 3. The maximum Gasteiger partial charge on any atom is 0.363 e. The van der Waals surface area contributed by atoms with Gasteiger partial charge in [0.05, 0.1) is 19.3 Å². The molecule has 0 amide bonds. The van der Waals surface area contributed by atoms with E-state index in [0.717, 1.165) is 5.56 Å². The summed E-state index contributed by atoms with van der Waals surface area (Å²) in [6.45, 7) is 4.15. The molecule has 0 fully saturated rings. The van der Waals surface area contributed by atoms with E-state index in [1.54, 1.807) is 67.8 Å². The molecule has 0 spiro atoms.